The molecule has 1 unspecified atom stereocenters. The molecule has 2 saturated heterocycles. The van der Waals surface area contributed by atoms with E-state index in [-0.39, 0.29) is 17.2 Å². The van der Waals surface area contributed by atoms with Crippen LogP contribution in [0.15, 0.2) is 34.7 Å². The van der Waals surface area contributed by atoms with Crippen LogP contribution in [-0.2, 0) is 17.6 Å². The molecule has 4 atom stereocenters. The zero-order valence-electron chi connectivity index (χ0n) is 15.6. The highest BCUT2D eigenvalue weighted by molar-refractivity contribution is 8.23. The molecule has 0 aromatic heterocycles. The molecule has 5 rings (SSSR count). The highest BCUT2D eigenvalue weighted by atomic mass is 32.2. The third kappa shape index (κ3) is 3.15. The van der Waals surface area contributed by atoms with Crippen molar-refractivity contribution in [1.29, 1.82) is 0 Å². The Balaban J connectivity index is 1.16. The fourth-order valence-corrected chi connectivity index (χ4v) is 7.90. The summed E-state index contributed by atoms with van der Waals surface area (Å²) < 4.78 is 1.25. The van der Waals surface area contributed by atoms with Gasteiger partial charge in [0.2, 0.25) is 5.91 Å². The van der Waals surface area contributed by atoms with Gasteiger partial charge in [0.15, 0.2) is 0 Å². The van der Waals surface area contributed by atoms with Crippen LogP contribution >= 0.6 is 23.5 Å². The van der Waals surface area contributed by atoms with Gasteiger partial charge in [0, 0.05) is 24.0 Å². The van der Waals surface area contributed by atoms with Crippen molar-refractivity contribution in [2.75, 3.05) is 13.1 Å². The number of likely N-dealkylation sites (tertiary alicyclic amines) is 1. The Kier molecular flexibility index (Phi) is 4.79. The lowest BCUT2D eigenvalue weighted by Gasteiger charge is -2.42. The van der Waals surface area contributed by atoms with E-state index in [4.69, 9.17) is 0 Å². The molecule has 1 N–H and O–H groups in total. The molecular weight excluding hydrogens is 376 g/mol. The number of β-lactam (4-membered cyclic amide) rings is 1. The fraction of sp³-hybridized carbons (Fsp3) is 0.571. The van der Waals surface area contributed by atoms with Crippen LogP contribution in [0.5, 0.6) is 0 Å². The van der Waals surface area contributed by atoms with Crippen LogP contribution in [-0.4, -0.2) is 56.7 Å². The average Bonchev–Trinajstić information content (AvgIpc) is 3.38. The van der Waals surface area contributed by atoms with E-state index in [9.17, 15) is 9.90 Å². The lowest BCUT2D eigenvalue weighted by atomic mass is 9.91. The number of fused-ring (bicyclic) bond motifs is 2. The molecule has 6 heteroatoms. The Bertz CT molecular complexity index is 758. The van der Waals surface area contributed by atoms with E-state index in [2.05, 4.69) is 29.2 Å². The number of amides is 1. The van der Waals surface area contributed by atoms with Crippen molar-refractivity contribution in [2.45, 2.75) is 55.4 Å². The van der Waals surface area contributed by atoms with E-state index in [0.717, 1.165) is 6.54 Å². The number of aliphatic hydroxyl groups is 1. The number of rotatable bonds is 5. The molecule has 4 aliphatic rings. The largest absolute Gasteiger partial charge is 0.392 e. The molecule has 4 nitrogen and oxygen atoms in total. The van der Waals surface area contributed by atoms with Crippen LogP contribution in [0.25, 0.3) is 0 Å². The first-order valence-corrected chi connectivity index (χ1v) is 11.8. The molecule has 27 heavy (non-hydrogen) atoms. The van der Waals surface area contributed by atoms with Crippen LogP contribution in [0.1, 0.15) is 30.9 Å². The minimum Gasteiger partial charge on any atom is -0.392 e. The molecule has 0 bridgehead atoms. The molecule has 1 aromatic carbocycles. The molecule has 3 aliphatic heterocycles. The second kappa shape index (κ2) is 7.14. The zero-order chi connectivity index (χ0) is 18.5. The highest BCUT2D eigenvalue weighted by Crippen LogP contribution is 2.52. The van der Waals surface area contributed by atoms with Gasteiger partial charge in [-0.1, -0.05) is 43.0 Å². The van der Waals surface area contributed by atoms with Gasteiger partial charge < -0.3 is 10.0 Å². The van der Waals surface area contributed by atoms with E-state index in [1.54, 1.807) is 11.8 Å². The molecule has 144 valence electrons. The Labute approximate surface area is 169 Å². The van der Waals surface area contributed by atoms with Crippen molar-refractivity contribution in [2.24, 2.45) is 5.92 Å². The summed E-state index contributed by atoms with van der Waals surface area (Å²) in [5, 5.41) is 10.8. The van der Waals surface area contributed by atoms with Crippen molar-refractivity contribution >= 4 is 29.4 Å². The maximum Gasteiger partial charge on any atom is 0.236 e. The summed E-state index contributed by atoms with van der Waals surface area (Å²) in [4.78, 5) is 16.7. The summed E-state index contributed by atoms with van der Waals surface area (Å²) in [6, 6.07) is 9.52. The standard InChI is InChI=1S/C21H26N2O2S2/c1-2-17(24)19-20(25)23-12-18(27-21(19)23)26-16-7-8-22(11-16)15-9-13-5-3-4-6-14(13)10-15/h3-6,12,15-17,19,21,24H,2,7-11H2,1H3/t16?,17-,19+,21+/m0/s1. The zero-order valence-corrected chi connectivity index (χ0v) is 17.2. The Morgan fingerprint density at radius 1 is 1.30 bits per heavy atom. The third-order valence-corrected chi connectivity index (χ3v) is 9.17. The van der Waals surface area contributed by atoms with Crippen molar-refractivity contribution in [3.63, 3.8) is 0 Å². The number of carbonyl (C=O) groups excluding carboxylic acids is 1. The summed E-state index contributed by atoms with van der Waals surface area (Å²) in [6.07, 6.45) is 5.75. The number of hydrogen-bond donors (Lipinski definition) is 1. The number of benzene rings is 1. The minimum absolute atomic E-state index is 0.0919. The highest BCUT2D eigenvalue weighted by Gasteiger charge is 2.53. The van der Waals surface area contributed by atoms with Gasteiger partial charge in [-0.15, -0.1) is 11.8 Å². The summed E-state index contributed by atoms with van der Waals surface area (Å²) in [5.41, 5.74) is 3.05. The Morgan fingerprint density at radius 2 is 2.04 bits per heavy atom. The third-order valence-electron chi connectivity index (χ3n) is 6.44. The number of aliphatic hydroxyl groups excluding tert-OH is 1. The van der Waals surface area contributed by atoms with Gasteiger partial charge in [-0.25, -0.2) is 0 Å². The average molecular weight is 403 g/mol. The van der Waals surface area contributed by atoms with Crippen LogP contribution in [0.4, 0.5) is 0 Å². The summed E-state index contributed by atoms with van der Waals surface area (Å²) in [6.45, 7) is 4.26. The molecule has 1 aromatic rings. The first-order chi connectivity index (χ1) is 13.1. The number of nitrogens with zero attached hydrogens (tertiary/aromatic N) is 2. The quantitative estimate of drug-likeness (QED) is 0.767. The molecule has 2 fully saturated rings. The van der Waals surface area contributed by atoms with E-state index < -0.39 is 6.10 Å². The van der Waals surface area contributed by atoms with E-state index in [1.165, 1.54) is 41.2 Å². The molecule has 0 saturated carbocycles. The summed E-state index contributed by atoms with van der Waals surface area (Å²) in [5.74, 6) is -0.124. The maximum atomic E-state index is 12.3. The molecule has 0 spiro atoms. The lowest BCUT2D eigenvalue weighted by molar-refractivity contribution is -0.152. The van der Waals surface area contributed by atoms with Crippen LogP contribution in [0, 0.1) is 5.92 Å². The van der Waals surface area contributed by atoms with Gasteiger partial charge in [-0.2, -0.15) is 0 Å². The first-order valence-electron chi connectivity index (χ1n) is 10.00. The van der Waals surface area contributed by atoms with Gasteiger partial charge in [-0.3, -0.25) is 9.69 Å². The van der Waals surface area contributed by atoms with Gasteiger partial charge in [-0.05, 0) is 43.4 Å². The second-order valence-electron chi connectivity index (χ2n) is 8.06. The smallest absolute Gasteiger partial charge is 0.236 e. The molecular formula is C21H26N2O2S2. The van der Waals surface area contributed by atoms with Crippen LogP contribution in [0.2, 0.25) is 0 Å². The molecule has 0 radical (unpaired) electrons. The summed E-state index contributed by atoms with van der Waals surface area (Å²) >= 11 is 3.72. The monoisotopic (exact) mass is 402 g/mol. The predicted octanol–water partition coefficient (Wildman–Crippen LogP) is 3.06. The number of carbonyl (C=O) groups is 1. The SMILES string of the molecule is CC[C@H](O)[C@@H]1C(=O)N2C=C(SC3CCN(C4Cc5ccccc5C4)C3)S[C@H]12. The van der Waals surface area contributed by atoms with Crippen molar-refractivity contribution < 1.29 is 9.90 Å². The van der Waals surface area contributed by atoms with Crippen molar-refractivity contribution in [3.05, 3.63) is 45.8 Å². The Hall–Kier alpha value is -0.950. The van der Waals surface area contributed by atoms with E-state index in [0.29, 0.717) is 17.7 Å². The molecule has 1 aliphatic carbocycles. The normalized spacial score (nSPS) is 31.6. The van der Waals surface area contributed by atoms with Crippen molar-refractivity contribution in [3.8, 4) is 0 Å². The van der Waals surface area contributed by atoms with Crippen LogP contribution < -0.4 is 0 Å². The van der Waals surface area contributed by atoms with E-state index >= 15 is 0 Å². The Morgan fingerprint density at radius 3 is 2.74 bits per heavy atom. The summed E-state index contributed by atoms with van der Waals surface area (Å²) in [7, 11) is 0. The van der Waals surface area contributed by atoms with Gasteiger partial charge in [0.1, 0.15) is 5.37 Å². The van der Waals surface area contributed by atoms with Gasteiger partial charge >= 0.3 is 0 Å². The second-order valence-corrected chi connectivity index (χ2v) is 10.8. The van der Waals surface area contributed by atoms with E-state index in [1.807, 2.05) is 29.8 Å². The van der Waals surface area contributed by atoms with Gasteiger partial charge in [0.05, 0.1) is 16.3 Å². The lowest BCUT2D eigenvalue weighted by Crippen LogP contribution is -2.59. The fourth-order valence-electron chi connectivity index (χ4n) is 4.85. The minimum atomic E-state index is -0.505. The molecule has 3 heterocycles. The van der Waals surface area contributed by atoms with Crippen molar-refractivity contribution in [1.82, 2.24) is 9.80 Å². The maximum absolute atomic E-state index is 12.3. The van der Waals surface area contributed by atoms with Crippen LogP contribution in [0.3, 0.4) is 0 Å². The first kappa shape index (κ1) is 18.1. The van der Waals surface area contributed by atoms with Gasteiger partial charge in [0.25, 0.3) is 0 Å². The topological polar surface area (TPSA) is 43.8 Å². The number of thioether (sulfide) groups is 2. The molecule has 1 amide bonds. The number of hydrogen-bond acceptors (Lipinski definition) is 5. The predicted molar refractivity (Wildman–Crippen MR) is 111 cm³/mol.